The van der Waals surface area contributed by atoms with Crippen LogP contribution in [0.2, 0.25) is 0 Å². The standard InChI is InChI=1S/C26H28O5/c27-26(28)25(31-20-23-14-8-3-9-15-23)24(30-19-22-12-6-2-7-13-22)16-17-29-18-21-10-4-1-5-11-21/h1-15,24-25H,16-20H2,(H,27,28)/t24-,25-/m1/s1. The summed E-state index contributed by atoms with van der Waals surface area (Å²) in [5, 5.41) is 9.81. The minimum Gasteiger partial charge on any atom is -0.479 e. The van der Waals surface area contributed by atoms with Gasteiger partial charge in [0, 0.05) is 13.0 Å². The number of ether oxygens (including phenoxy) is 3. The van der Waals surface area contributed by atoms with Crippen molar-refractivity contribution in [1.29, 1.82) is 0 Å². The highest BCUT2D eigenvalue weighted by atomic mass is 16.6. The van der Waals surface area contributed by atoms with Crippen LogP contribution in [0.3, 0.4) is 0 Å². The van der Waals surface area contributed by atoms with E-state index in [1.807, 2.05) is 91.0 Å². The Balaban J connectivity index is 1.60. The molecule has 1 N–H and O–H groups in total. The zero-order valence-corrected chi connectivity index (χ0v) is 17.4. The molecule has 0 bridgehead atoms. The molecule has 0 radical (unpaired) electrons. The molecule has 0 spiro atoms. The number of carbonyl (C=O) groups is 1. The van der Waals surface area contributed by atoms with E-state index in [-0.39, 0.29) is 6.61 Å². The highest BCUT2D eigenvalue weighted by Crippen LogP contribution is 2.16. The van der Waals surface area contributed by atoms with E-state index in [2.05, 4.69) is 0 Å². The Bertz CT molecular complexity index is 883. The van der Waals surface area contributed by atoms with Gasteiger partial charge in [0.2, 0.25) is 0 Å². The van der Waals surface area contributed by atoms with Gasteiger partial charge in [-0.05, 0) is 16.7 Å². The van der Waals surface area contributed by atoms with E-state index in [0.29, 0.717) is 26.2 Å². The maximum absolute atomic E-state index is 12.0. The van der Waals surface area contributed by atoms with Crippen molar-refractivity contribution >= 4 is 5.97 Å². The zero-order valence-electron chi connectivity index (χ0n) is 17.4. The van der Waals surface area contributed by atoms with Crippen LogP contribution in [0.4, 0.5) is 0 Å². The van der Waals surface area contributed by atoms with E-state index >= 15 is 0 Å². The van der Waals surface area contributed by atoms with Gasteiger partial charge in [-0.3, -0.25) is 0 Å². The Hall–Kier alpha value is -2.99. The lowest BCUT2D eigenvalue weighted by molar-refractivity contribution is -0.166. The van der Waals surface area contributed by atoms with Crippen LogP contribution < -0.4 is 0 Å². The molecule has 31 heavy (non-hydrogen) atoms. The molecule has 5 heteroatoms. The van der Waals surface area contributed by atoms with Gasteiger partial charge in [-0.1, -0.05) is 91.0 Å². The van der Waals surface area contributed by atoms with E-state index < -0.39 is 18.2 Å². The van der Waals surface area contributed by atoms with Crippen LogP contribution in [0.1, 0.15) is 23.1 Å². The van der Waals surface area contributed by atoms with Gasteiger partial charge >= 0.3 is 5.97 Å². The fourth-order valence-electron chi connectivity index (χ4n) is 3.16. The van der Waals surface area contributed by atoms with Crippen molar-refractivity contribution in [2.45, 2.75) is 38.4 Å². The van der Waals surface area contributed by atoms with Crippen molar-refractivity contribution in [3.8, 4) is 0 Å². The third-order valence-electron chi connectivity index (χ3n) is 4.82. The maximum atomic E-state index is 12.0. The number of carboxylic acids is 1. The van der Waals surface area contributed by atoms with Gasteiger partial charge in [0.05, 0.1) is 25.9 Å². The van der Waals surface area contributed by atoms with E-state index in [9.17, 15) is 9.90 Å². The molecule has 3 aromatic carbocycles. The molecule has 2 atom stereocenters. The van der Waals surface area contributed by atoms with Crippen molar-refractivity contribution in [3.63, 3.8) is 0 Å². The fourth-order valence-corrected chi connectivity index (χ4v) is 3.16. The lowest BCUT2D eigenvalue weighted by Crippen LogP contribution is -2.39. The first-order valence-electron chi connectivity index (χ1n) is 10.4. The predicted octanol–water partition coefficient (Wildman–Crippen LogP) is 4.85. The Kier molecular flexibility index (Phi) is 9.26. The number of aliphatic carboxylic acids is 1. The van der Waals surface area contributed by atoms with Crippen molar-refractivity contribution in [3.05, 3.63) is 108 Å². The SMILES string of the molecule is O=C(O)[C@H](OCc1ccccc1)[C@@H](CCOCc1ccccc1)OCc1ccccc1. The Morgan fingerprint density at radius 2 is 1.13 bits per heavy atom. The van der Waals surface area contributed by atoms with Gasteiger partial charge < -0.3 is 19.3 Å². The topological polar surface area (TPSA) is 65.0 Å². The molecular weight excluding hydrogens is 392 g/mol. The molecule has 0 heterocycles. The Labute approximate surface area is 183 Å². The highest BCUT2D eigenvalue weighted by molar-refractivity contribution is 5.73. The minimum absolute atomic E-state index is 0.202. The molecule has 3 aromatic rings. The van der Waals surface area contributed by atoms with Crippen LogP contribution >= 0.6 is 0 Å². The van der Waals surface area contributed by atoms with Crippen molar-refractivity contribution in [2.24, 2.45) is 0 Å². The second-order valence-corrected chi connectivity index (χ2v) is 7.22. The fraction of sp³-hybridized carbons (Fsp3) is 0.269. The van der Waals surface area contributed by atoms with Gasteiger partial charge in [0.1, 0.15) is 0 Å². The van der Waals surface area contributed by atoms with Gasteiger partial charge in [-0.2, -0.15) is 0 Å². The first kappa shape index (κ1) is 22.7. The molecule has 0 aliphatic heterocycles. The summed E-state index contributed by atoms with van der Waals surface area (Å²) in [6.45, 7) is 1.35. The average Bonchev–Trinajstić information content (AvgIpc) is 2.81. The second kappa shape index (κ2) is 12.6. The van der Waals surface area contributed by atoms with Crippen molar-refractivity contribution < 1.29 is 24.1 Å². The first-order valence-corrected chi connectivity index (χ1v) is 10.4. The largest absolute Gasteiger partial charge is 0.479 e. The summed E-state index contributed by atoms with van der Waals surface area (Å²) in [5.41, 5.74) is 2.96. The Morgan fingerprint density at radius 3 is 1.61 bits per heavy atom. The molecule has 0 amide bonds. The van der Waals surface area contributed by atoms with Gasteiger partial charge in [0.15, 0.2) is 6.10 Å². The van der Waals surface area contributed by atoms with Crippen LogP contribution in [0.15, 0.2) is 91.0 Å². The second-order valence-electron chi connectivity index (χ2n) is 7.22. The van der Waals surface area contributed by atoms with Crippen LogP contribution in [0, 0.1) is 0 Å². The molecule has 3 rings (SSSR count). The summed E-state index contributed by atoms with van der Waals surface area (Å²) in [6.07, 6.45) is -1.33. The molecule has 0 aromatic heterocycles. The monoisotopic (exact) mass is 420 g/mol. The lowest BCUT2D eigenvalue weighted by Gasteiger charge is -2.25. The summed E-state index contributed by atoms with van der Waals surface area (Å²) in [5.74, 6) is -1.04. The predicted molar refractivity (Wildman–Crippen MR) is 118 cm³/mol. The molecule has 0 saturated heterocycles. The molecule has 0 fully saturated rings. The Morgan fingerprint density at radius 1 is 0.677 bits per heavy atom. The van der Waals surface area contributed by atoms with Gasteiger partial charge in [-0.15, -0.1) is 0 Å². The summed E-state index contributed by atoms with van der Waals surface area (Å²) in [7, 11) is 0. The number of hydrogen-bond donors (Lipinski definition) is 1. The summed E-state index contributed by atoms with van der Waals surface area (Å²) in [4.78, 5) is 12.0. The van der Waals surface area contributed by atoms with Crippen LogP contribution in [0.25, 0.3) is 0 Å². The number of carboxylic acid groups (broad SMARTS) is 1. The quantitative estimate of drug-likeness (QED) is 0.401. The van der Waals surface area contributed by atoms with Gasteiger partial charge in [0.25, 0.3) is 0 Å². The number of benzene rings is 3. The highest BCUT2D eigenvalue weighted by Gasteiger charge is 2.30. The van der Waals surface area contributed by atoms with Gasteiger partial charge in [-0.25, -0.2) is 4.79 Å². The normalized spacial score (nSPS) is 12.9. The van der Waals surface area contributed by atoms with Crippen LogP contribution in [-0.4, -0.2) is 29.9 Å². The van der Waals surface area contributed by atoms with Crippen LogP contribution in [-0.2, 0) is 38.8 Å². The van der Waals surface area contributed by atoms with Crippen LogP contribution in [0.5, 0.6) is 0 Å². The van der Waals surface area contributed by atoms with E-state index in [1.54, 1.807) is 0 Å². The molecule has 5 nitrogen and oxygen atoms in total. The summed E-state index contributed by atoms with van der Waals surface area (Å²) >= 11 is 0. The first-order chi connectivity index (χ1) is 15.2. The number of rotatable bonds is 13. The smallest absolute Gasteiger partial charge is 0.335 e. The molecule has 0 saturated carbocycles. The molecule has 162 valence electrons. The molecule has 0 aliphatic carbocycles. The van der Waals surface area contributed by atoms with Crippen molar-refractivity contribution in [1.82, 2.24) is 0 Å². The van der Waals surface area contributed by atoms with Crippen molar-refractivity contribution in [2.75, 3.05) is 6.61 Å². The van der Waals surface area contributed by atoms with E-state index in [4.69, 9.17) is 14.2 Å². The third kappa shape index (κ3) is 7.98. The van der Waals surface area contributed by atoms with E-state index in [1.165, 1.54) is 0 Å². The number of hydrogen-bond acceptors (Lipinski definition) is 4. The summed E-state index contributed by atoms with van der Waals surface area (Å²) < 4.78 is 17.5. The minimum atomic E-state index is -1.09. The maximum Gasteiger partial charge on any atom is 0.335 e. The molecular formula is C26H28O5. The average molecular weight is 421 g/mol. The molecule has 0 aliphatic rings. The molecule has 0 unspecified atom stereocenters. The zero-order chi connectivity index (χ0) is 21.7. The summed E-state index contributed by atoms with van der Waals surface area (Å²) in [6, 6.07) is 29.1. The van der Waals surface area contributed by atoms with E-state index in [0.717, 1.165) is 16.7 Å². The lowest BCUT2D eigenvalue weighted by atomic mass is 10.1. The third-order valence-corrected chi connectivity index (χ3v) is 4.82.